The molecule has 5 rings (SSSR count). The number of amides is 2. The van der Waals surface area contributed by atoms with Crippen molar-refractivity contribution in [1.82, 2.24) is 9.88 Å². The maximum atomic E-state index is 14.8. The van der Waals surface area contributed by atoms with Crippen molar-refractivity contribution in [2.45, 2.75) is 18.9 Å². The summed E-state index contributed by atoms with van der Waals surface area (Å²) in [5.41, 5.74) is 2.87. The van der Waals surface area contributed by atoms with Gasteiger partial charge in [0.25, 0.3) is 5.91 Å². The summed E-state index contributed by atoms with van der Waals surface area (Å²) < 4.78 is 14.8. The molecule has 6 nitrogen and oxygen atoms in total. The van der Waals surface area contributed by atoms with E-state index in [1.165, 1.54) is 15.9 Å². The van der Waals surface area contributed by atoms with Crippen molar-refractivity contribution in [3.05, 3.63) is 96.4 Å². The van der Waals surface area contributed by atoms with Gasteiger partial charge in [0.2, 0.25) is 5.91 Å². The number of fused-ring (bicyclic) bond motifs is 1. The third-order valence-electron chi connectivity index (χ3n) is 6.13. The van der Waals surface area contributed by atoms with Gasteiger partial charge in [0, 0.05) is 29.3 Å². The van der Waals surface area contributed by atoms with Gasteiger partial charge >= 0.3 is 0 Å². The molecule has 0 bridgehead atoms. The number of halogens is 1. The van der Waals surface area contributed by atoms with Crippen LogP contribution < -0.4 is 10.2 Å². The van der Waals surface area contributed by atoms with E-state index in [-0.39, 0.29) is 29.0 Å². The number of anilines is 2. The first-order chi connectivity index (χ1) is 17.0. The van der Waals surface area contributed by atoms with E-state index < -0.39 is 11.9 Å². The summed E-state index contributed by atoms with van der Waals surface area (Å²) in [5.74, 6) is -1.17. The summed E-state index contributed by atoms with van der Waals surface area (Å²) in [6.07, 6.45) is 2.32. The molecule has 1 fully saturated rings. The zero-order valence-corrected chi connectivity index (χ0v) is 19.6. The molecular weight excluding hydrogens is 463 g/mol. The third-order valence-corrected chi connectivity index (χ3v) is 6.54. The number of hydrogen-bond acceptors (Lipinski definition) is 3. The first kappa shape index (κ1) is 22.7. The number of para-hydroxylation sites is 3. The predicted octanol–water partition coefficient (Wildman–Crippen LogP) is 4.88. The van der Waals surface area contributed by atoms with Gasteiger partial charge in [-0.3, -0.25) is 14.5 Å². The monoisotopic (exact) mass is 486 g/mol. The summed E-state index contributed by atoms with van der Waals surface area (Å²) in [6.45, 7) is 0.321. The SMILES string of the molecule is O=C(CC1C(=O)N(CCc2c[nH]c3ccccc23)C(=S)N1c1ccccc1F)Nc1ccccc1. The molecule has 1 aliphatic rings. The number of rotatable bonds is 7. The smallest absolute Gasteiger partial charge is 0.252 e. The van der Waals surface area contributed by atoms with Crippen LogP contribution in [0.3, 0.4) is 0 Å². The zero-order valence-electron chi connectivity index (χ0n) is 18.8. The van der Waals surface area contributed by atoms with Gasteiger partial charge in [-0.15, -0.1) is 0 Å². The Morgan fingerprint density at radius 2 is 1.71 bits per heavy atom. The minimum absolute atomic E-state index is 0.161. The van der Waals surface area contributed by atoms with Gasteiger partial charge in [-0.2, -0.15) is 0 Å². The fourth-order valence-corrected chi connectivity index (χ4v) is 4.84. The van der Waals surface area contributed by atoms with E-state index in [9.17, 15) is 14.0 Å². The van der Waals surface area contributed by atoms with Crippen molar-refractivity contribution in [2.24, 2.45) is 0 Å². The minimum Gasteiger partial charge on any atom is -0.361 e. The molecule has 1 aliphatic heterocycles. The lowest BCUT2D eigenvalue weighted by Gasteiger charge is -2.24. The molecule has 0 spiro atoms. The molecule has 1 atom stereocenters. The summed E-state index contributed by atoms with van der Waals surface area (Å²) >= 11 is 5.66. The Hall–Kier alpha value is -4.04. The van der Waals surface area contributed by atoms with Crippen LogP contribution in [-0.2, 0) is 16.0 Å². The molecule has 1 unspecified atom stereocenters. The van der Waals surface area contributed by atoms with Crippen LogP contribution in [-0.4, -0.2) is 39.4 Å². The van der Waals surface area contributed by atoms with E-state index >= 15 is 0 Å². The first-order valence-electron chi connectivity index (χ1n) is 11.3. The number of nitrogens with one attached hydrogen (secondary N) is 2. The van der Waals surface area contributed by atoms with Crippen LogP contribution in [0.1, 0.15) is 12.0 Å². The average Bonchev–Trinajstić information content (AvgIpc) is 3.37. The lowest BCUT2D eigenvalue weighted by molar-refractivity contribution is -0.129. The number of benzene rings is 3. The largest absolute Gasteiger partial charge is 0.361 e. The molecule has 176 valence electrons. The number of nitrogens with zero attached hydrogens (tertiary/aromatic N) is 2. The standard InChI is InChI=1S/C27H23FN4O2S/c28-21-11-5-7-13-23(21)32-24(16-25(33)30-19-8-2-1-3-9-19)26(34)31(27(32)35)15-14-18-17-29-22-12-6-4-10-20(18)22/h1-13,17,24,29H,14-16H2,(H,30,33). The molecule has 2 heterocycles. The summed E-state index contributed by atoms with van der Waals surface area (Å²) in [6, 6.07) is 22.1. The van der Waals surface area contributed by atoms with Gasteiger partial charge in [0.1, 0.15) is 11.9 Å². The zero-order chi connectivity index (χ0) is 24.4. The topological polar surface area (TPSA) is 68.4 Å². The molecular formula is C27H23FN4O2S. The summed E-state index contributed by atoms with van der Waals surface area (Å²) in [7, 11) is 0. The molecule has 1 aromatic heterocycles. The van der Waals surface area contributed by atoms with Crippen LogP contribution in [0.25, 0.3) is 10.9 Å². The molecule has 2 N–H and O–H groups in total. The van der Waals surface area contributed by atoms with Crippen LogP contribution in [0, 0.1) is 5.82 Å². The second-order valence-corrected chi connectivity index (χ2v) is 8.70. The molecule has 3 aromatic carbocycles. The van der Waals surface area contributed by atoms with E-state index in [2.05, 4.69) is 10.3 Å². The third kappa shape index (κ3) is 4.52. The first-order valence-corrected chi connectivity index (χ1v) is 11.7. The second kappa shape index (κ2) is 9.68. The van der Waals surface area contributed by atoms with Crippen LogP contribution in [0.15, 0.2) is 85.1 Å². The van der Waals surface area contributed by atoms with Crippen LogP contribution in [0.5, 0.6) is 0 Å². The Kier molecular flexibility index (Phi) is 6.29. The van der Waals surface area contributed by atoms with Crippen LogP contribution in [0.4, 0.5) is 15.8 Å². The molecule has 1 saturated heterocycles. The molecule has 0 aliphatic carbocycles. The number of carbonyl (C=O) groups excluding carboxylic acids is 2. The Morgan fingerprint density at radius 1 is 1.00 bits per heavy atom. The Morgan fingerprint density at radius 3 is 2.51 bits per heavy atom. The highest BCUT2D eigenvalue weighted by atomic mass is 32.1. The summed E-state index contributed by atoms with van der Waals surface area (Å²) in [5, 5.41) is 4.07. The normalized spacial score (nSPS) is 15.7. The Bertz CT molecular complexity index is 1400. The number of H-pyrrole nitrogens is 1. The lowest BCUT2D eigenvalue weighted by Crippen LogP contribution is -2.38. The van der Waals surface area contributed by atoms with Crippen molar-refractivity contribution in [3.63, 3.8) is 0 Å². The molecule has 0 radical (unpaired) electrons. The van der Waals surface area contributed by atoms with E-state index in [4.69, 9.17) is 12.2 Å². The van der Waals surface area contributed by atoms with Crippen molar-refractivity contribution in [1.29, 1.82) is 0 Å². The average molecular weight is 487 g/mol. The van der Waals surface area contributed by atoms with E-state index in [1.54, 1.807) is 30.3 Å². The maximum absolute atomic E-state index is 14.8. The number of aromatic amines is 1. The lowest BCUT2D eigenvalue weighted by atomic mass is 10.1. The van der Waals surface area contributed by atoms with Gasteiger partial charge < -0.3 is 15.2 Å². The highest BCUT2D eigenvalue weighted by Gasteiger charge is 2.44. The Balaban J connectivity index is 1.40. The minimum atomic E-state index is -0.939. The highest BCUT2D eigenvalue weighted by Crippen LogP contribution is 2.31. The number of thiocarbonyl (C=S) groups is 1. The van der Waals surface area contributed by atoms with Gasteiger partial charge in [0.15, 0.2) is 5.11 Å². The van der Waals surface area contributed by atoms with Crippen LogP contribution >= 0.6 is 12.2 Å². The van der Waals surface area contributed by atoms with Crippen molar-refractivity contribution >= 4 is 51.4 Å². The number of hydrogen-bond donors (Lipinski definition) is 2. The molecule has 35 heavy (non-hydrogen) atoms. The quantitative estimate of drug-likeness (QED) is 0.366. The number of aromatic nitrogens is 1. The van der Waals surface area contributed by atoms with Crippen molar-refractivity contribution < 1.29 is 14.0 Å². The van der Waals surface area contributed by atoms with Gasteiger partial charge in [-0.05, 0) is 54.5 Å². The Labute approximate surface area is 207 Å². The van der Waals surface area contributed by atoms with Crippen molar-refractivity contribution in [2.75, 3.05) is 16.8 Å². The van der Waals surface area contributed by atoms with Gasteiger partial charge in [0.05, 0.1) is 12.1 Å². The second-order valence-electron chi connectivity index (χ2n) is 8.34. The molecule has 0 saturated carbocycles. The number of carbonyl (C=O) groups is 2. The fourth-order valence-electron chi connectivity index (χ4n) is 4.43. The van der Waals surface area contributed by atoms with Gasteiger partial charge in [-0.1, -0.05) is 48.5 Å². The van der Waals surface area contributed by atoms with Crippen molar-refractivity contribution in [3.8, 4) is 0 Å². The van der Waals surface area contributed by atoms with E-state index in [0.717, 1.165) is 16.5 Å². The predicted molar refractivity (Wildman–Crippen MR) is 139 cm³/mol. The van der Waals surface area contributed by atoms with E-state index in [0.29, 0.717) is 18.7 Å². The van der Waals surface area contributed by atoms with E-state index in [1.807, 2.05) is 48.7 Å². The fraction of sp³-hybridized carbons (Fsp3) is 0.148. The molecule has 2 amide bonds. The maximum Gasteiger partial charge on any atom is 0.252 e. The molecule has 8 heteroatoms. The highest BCUT2D eigenvalue weighted by molar-refractivity contribution is 7.80. The summed E-state index contributed by atoms with van der Waals surface area (Å²) in [4.78, 5) is 32.5. The van der Waals surface area contributed by atoms with Gasteiger partial charge in [-0.25, -0.2) is 4.39 Å². The molecule has 4 aromatic rings. The van der Waals surface area contributed by atoms with Crippen LogP contribution in [0.2, 0.25) is 0 Å².